The van der Waals surface area contributed by atoms with Crippen molar-refractivity contribution in [1.82, 2.24) is 5.32 Å². The highest BCUT2D eigenvalue weighted by Gasteiger charge is 2.18. The Morgan fingerprint density at radius 3 is 3.17 bits per heavy atom. The Labute approximate surface area is 77.2 Å². The van der Waals surface area contributed by atoms with Gasteiger partial charge in [0.1, 0.15) is 0 Å². The Balaban J connectivity index is 2.08. The predicted octanol–water partition coefficient (Wildman–Crippen LogP) is 0.992. The van der Waals surface area contributed by atoms with Gasteiger partial charge in [-0.2, -0.15) is 0 Å². The molecule has 1 atom stereocenters. The van der Waals surface area contributed by atoms with Crippen molar-refractivity contribution in [2.45, 2.75) is 25.1 Å². The summed E-state index contributed by atoms with van der Waals surface area (Å²) in [6, 6.07) is 0. The highest BCUT2D eigenvalue weighted by atomic mass is 32.2. The van der Waals surface area contributed by atoms with Crippen LogP contribution in [0.2, 0.25) is 0 Å². The predicted molar refractivity (Wildman–Crippen MR) is 50.1 cm³/mol. The van der Waals surface area contributed by atoms with Gasteiger partial charge in [0.05, 0.1) is 18.4 Å². The summed E-state index contributed by atoms with van der Waals surface area (Å²) in [5.74, 6) is 1.02. The molecule has 1 heterocycles. The van der Waals surface area contributed by atoms with Crippen molar-refractivity contribution in [3.63, 3.8) is 0 Å². The Kier molecular flexibility index (Phi) is 4.46. The van der Waals surface area contributed by atoms with Crippen LogP contribution in [-0.2, 0) is 9.53 Å². The number of nitrogens with one attached hydrogen (secondary N) is 1. The molecule has 1 aliphatic rings. The molecular weight excluding hydrogens is 174 g/mol. The van der Waals surface area contributed by atoms with Crippen molar-refractivity contribution in [2.75, 3.05) is 18.9 Å². The smallest absolute Gasteiger partial charge is 0.308 e. The molecule has 0 bridgehead atoms. The van der Waals surface area contributed by atoms with Crippen LogP contribution in [0.4, 0.5) is 0 Å². The molecule has 0 aromatic carbocycles. The third kappa shape index (κ3) is 3.45. The summed E-state index contributed by atoms with van der Waals surface area (Å²) in [6.45, 7) is 3.56. The molecule has 0 aliphatic carbocycles. The summed E-state index contributed by atoms with van der Waals surface area (Å²) in [7, 11) is 0. The number of carbonyl (C=O) groups excluding carboxylic acids is 1. The lowest BCUT2D eigenvalue weighted by Crippen LogP contribution is -2.23. The van der Waals surface area contributed by atoms with E-state index in [1.165, 1.54) is 0 Å². The largest absolute Gasteiger partial charge is 0.466 e. The summed E-state index contributed by atoms with van der Waals surface area (Å²) < 4.78 is 4.96. The lowest BCUT2D eigenvalue weighted by atomic mass is 10.4. The van der Waals surface area contributed by atoms with Crippen LogP contribution in [0.25, 0.3) is 0 Å². The van der Waals surface area contributed by atoms with E-state index in [0.29, 0.717) is 13.0 Å². The van der Waals surface area contributed by atoms with Gasteiger partial charge in [0.2, 0.25) is 0 Å². The molecule has 1 aliphatic heterocycles. The molecule has 0 saturated carbocycles. The van der Waals surface area contributed by atoms with E-state index in [1.54, 1.807) is 11.8 Å². The van der Waals surface area contributed by atoms with E-state index >= 15 is 0 Å². The SMILES string of the molecule is CCCOC(=O)CC1NCCS1. The van der Waals surface area contributed by atoms with E-state index in [4.69, 9.17) is 4.74 Å². The first-order valence-corrected chi connectivity index (χ1v) is 5.38. The number of thioether (sulfide) groups is 1. The molecule has 1 unspecified atom stereocenters. The van der Waals surface area contributed by atoms with Crippen LogP contribution >= 0.6 is 11.8 Å². The maximum Gasteiger partial charge on any atom is 0.308 e. The summed E-state index contributed by atoms with van der Waals surface area (Å²) in [5.41, 5.74) is 0. The molecule has 0 aromatic rings. The van der Waals surface area contributed by atoms with Crippen LogP contribution in [0.5, 0.6) is 0 Å². The molecule has 70 valence electrons. The summed E-state index contributed by atoms with van der Waals surface area (Å²) in [5, 5.41) is 3.51. The van der Waals surface area contributed by atoms with Gasteiger partial charge in [-0.05, 0) is 6.42 Å². The van der Waals surface area contributed by atoms with Gasteiger partial charge in [0, 0.05) is 12.3 Å². The zero-order valence-electron chi connectivity index (χ0n) is 7.34. The molecule has 12 heavy (non-hydrogen) atoms. The summed E-state index contributed by atoms with van der Waals surface area (Å²) in [4.78, 5) is 11.1. The van der Waals surface area contributed by atoms with Crippen LogP contribution < -0.4 is 5.32 Å². The van der Waals surface area contributed by atoms with E-state index in [1.807, 2.05) is 6.92 Å². The number of esters is 1. The number of rotatable bonds is 4. The number of hydrogen-bond donors (Lipinski definition) is 1. The Morgan fingerprint density at radius 1 is 1.75 bits per heavy atom. The van der Waals surface area contributed by atoms with Gasteiger partial charge in [-0.15, -0.1) is 11.8 Å². The van der Waals surface area contributed by atoms with E-state index in [2.05, 4.69) is 5.32 Å². The zero-order chi connectivity index (χ0) is 8.81. The first-order chi connectivity index (χ1) is 5.83. The first-order valence-electron chi connectivity index (χ1n) is 4.33. The van der Waals surface area contributed by atoms with Gasteiger partial charge >= 0.3 is 5.97 Å². The normalized spacial score (nSPS) is 22.6. The Morgan fingerprint density at radius 2 is 2.58 bits per heavy atom. The number of ether oxygens (including phenoxy) is 1. The molecule has 0 spiro atoms. The number of carbonyl (C=O) groups is 1. The molecule has 0 aromatic heterocycles. The Bertz CT molecular complexity index is 146. The average molecular weight is 189 g/mol. The van der Waals surface area contributed by atoms with Crippen molar-refractivity contribution in [3.8, 4) is 0 Å². The number of hydrogen-bond acceptors (Lipinski definition) is 4. The molecule has 0 radical (unpaired) electrons. The average Bonchev–Trinajstić information content (AvgIpc) is 2.53. The second-order valence-corrected chi connectivity index (χ2v) is 4.05. The van der Waals surface area contributed by atoms with Crippen molar-refractivity contribution in [3.05, 3.63) is 0 Å². The van der Waals surface area contributed by atoms with Crippen molar-refractivity contribution in [2.24, 2.45) is 0 Å². The fraction of sp³-hybridized carbons (Fsp3) is 0.875. The van der Waals surface area contributed by atoms with Gasteiger partial charge in [-0.1, -0.05) is 6.92 Å². The lowest BCUT2D eigenvalue weighted by Gasteiger charge is -2.08. The molecule has 3 nitrogen and oxygen atoms in total. The van der Waals surface area contributed by atoms with Gasteiger partial charge in [-0.3, -0.25) is 4.79 Å². The molecule has 1 fully saturated rings. The maximum absolute atomic E-state index is 11.1. The van der Waals surface area contributed by atoms with Crippen LogP contribution in [0.3, 0.4) is 0 Å². The van der Waals surface area contributed by atoms with Gasteiger partial charge in [-0.25, -0.2) is 0 Å². The minimum Gasteiger partial charge on any atom is -0.466 e. The van der Waals surface area contributed by atoms with E-state index < -0.39 is 0 Å². The maximum atomic E-state index is 11.1. The first kappa shape index (κ1) is 9.86. The third-order valence-electron chi connectivity index (χ3n) is 1.61. The van der Waals surface area contributed by atoms with E-state index in [-0.39, 0.29) is 11.3 Å². The van der Waals surface area contributed by atoms with Crippen molar-refractivity contribution >= 4 is 17.7 Å². The van der Waals surface area contributed by atoms with Crippen molar-refractivity contribution < 1.29 is 9.53 Å². The molecular formula is C8H15NO2S. The second kappa shape index (κ2) is 5.43. The summed E-state index contributed by atoms with van der Waals surface area (Å²) in [6.07, 6.45) is 1.40. The molecule has 1 rings (SSSR count). The highest BCUT2D eigenvalue weighted by Crippen LogP contribution is 2.16. The zero-order valence-corrected chi connectivity index (χ0v) is 8.15. The van der Waals surface area contributed by atoms with Crippen LogP contribution in [0.15, 0.2) is 0 Å². The summed E-state index contributed by atoms with van der Waals surface area (Å²) >= 11 is 1.79. The van der Waals surface area contributed by atoms with E-state index in [0.717, 1.165) is 18.7 Å². The fourth-order valence-electron chi connectivity index (χ4n) is 1.04. The third-order valence-corrected chi connectivity index (χ3v) is 2.79. The highest BCUT2D eigenvalue weighted by molar-refractivity contribution is 8.00. The Hall–Kier alpha value is -0.220. The quantitative estimate of drug-likeness (QED) is 0.669. The lowest BCUT2D eigenvalue weighted by molar-refractivity contribution is -0.143. The monoisotopic (exact) mass is 189 g/mol. The van der Waals surface area contributed by atoms with E-state index in [9.17, 15) is 4.79 Å². The molecule has 1 N–H and O–H groups in total. The van der Waals surface area contributed by atoms with Crippen LogP contribution in [-0.4, -0.2) is 30.2 Å². The van der Waals surface area contributed by atoms with Crippen LogP contribution in [0.1, 0.15) is 19.8 Å². The second-order valence-electron chi connectivity index (χ2n) is 2.74. The standard InChI is InChI=1S/C8H15NO2S/c1-2-4-11-8(10)6-7-9-3-5-12-7/h7,9H,2-6H2,1H3. The van der Waals surface area contributed by atoms with Gasteiger partial charge in [0.15, 0.2) is 0 Å². The fourth-order valence-corrected chi connectivity index (χ4v) is 2.05. The van der Waals surface area contributed by atoms with Crippen molar-refractivity contribution in [1.29, 1.82) is 0 Å². The molecule has 1 saturated heterocycles. The minimum atomic E-state index is -0.0799. The molecule has 0 amide bonds. The van der Waals surface area contributed by atoms with Crippen LogP contribution in [0, 0.1) is 0 Å². The minimum absolute atomic E-state index is 0.0799. The molecule has 4 heteroatoms. The topological polar surface area (TPSA) is 38.3 Å². The van der Waals surface area contributed by atoms with Gasteiger partial charge in [0.25, 0.3) is 0 Å². The van der Waals surface area contributed by atoms with Gasteiger partial charge < -0.3 is 10.1 Å².